The summed E-state index contributed by atoms with van der Waals surface area (Å²) >= 11 is 0. The molecule has 0 amide bonds. The van der Waals surface area contributed by atoms with Crippen LogP contribution in [0.5, 0.6) is 0 Å². The maximum atomic E-state index is 13.9. The Morgan fingerprint density at radius 3 is 1.77 bits per heavy atom. The van der Waals surface area contributed by atoms with E-state index in [0.29, 0.717) is 13.8 Å². The van der Waals surface area contributed by atoms with Crippen molar-refractivity contribution in [3.63, 3.8) is 0 Å². The minimum Gasteiger partial charge on any atom is -0.446 e. The molecule has 1 fully saturated rings. The van der Waals surface area contributed by atoms with Gasteiger partial charge in [0.15, 0.2) is 5.60 Å². The maximum Gasteiger partial charge on any atom is 0.431 e. The molecule has 18 heteroatoms. The summed E-state index contributed by atoms with van der Waals surface area (Å²) in [4.78, 5) is 12.3. The molecule has 0 spiro atoms. The van der Waals surface area contributed by atoms with Crippen molar-refractivity contribution in [3.8, 4) is 0 Å². The Morgan fingerprint density at radius 2 is 1.35 bits per heavy atom. The number of esters is 1. The number of hydrogen-bond donors (Lipinski definition) is 2. The van der Waals surface area contributed by atoms with E-state index in [1.807, 2.05) is 0 Å². The summed E-state index contributed by atoms with van der Waals surface area (Å²) in [5.74, 6) is -9.51. The second-order valence-corrected chi connectivity index (χ2v) is 11.5. The van der Waals surface area contributed by atoms with Gasteiger partial charge in [0, 0.05) is 18.9 Å². The van der Waals surface area contributed by atoms with Gasteiger partial charge in [-0.1, -0.05) is 6.58 Å². The third kappa shape index (κ3) is 8.00. The molecule has 2 unspecified atom stereocenters. The van der Waals surface area contributed by atoms with Gasteiger partial charge in [-0.3, -0.25) is 4.55 Å². The molecule has 2 N–H and O–H groups in total. The van der Waals surface area contributed by atoms with Gasteiger partial charge in [-0.25, -0.2) is 4.79 Å². The van der Waals surface area contributed by atoms with E-state index in [1.165, 1.54) is 0 Å². The summed E-state index contributed by atoms with van der Waals surface area (Å²) in [7, 11) is -6.39. The highest BCUT2D eigenvalue weighted by molar-refractivity contribution is 7.87. The van der Waals surface area contributed by atoms with Gasteiger partial charge in [-0.2, -0.15) is 52.3 Å². The molecule has 1 saturated carbocycles. The summed E-state index contributed by atoms with van der Waals surface area (Å²) in [6, 6.07) is 0. The van der Waals surface area contributed by atoms with E-state index in [9.17, 15) is 62.2 Å². The van der Waals surface area contributed by atoms with Gasteiger partial charge in [-0.05, 0) is 58.3 Å². The Kier molecular flexibility index (Phi) is 11.2. The van der Waals surface area contributed by atoms with Gasteiger partial charge in [0.2, 0.25) is 5.60 Å². The molecular formula is C22H30F10O7S. The zero-order valence-corrected chi connectivity index (χ0v) is 22.2. The number of carbonyl (C=O) groups is 1. The van der Waals surface area contributed by atoms with Gasteiger partial charge in [0.05, 0.1) is 12.2 Å². The molecule has 1 aliphatic carbocycles. The highest BCUT2D eigenvalue weighted by atomic mass is 32.2. The van der Waals surface area contributed by atoms with Crippen molar-refractivity contribution < 1.29 is 76.2 Å². The van der Waals surface area contributed by atoms with Gasteiger partial charge in [0.1, 0.15) is 0 Å². The van der Waals surface area contributed by atoms with Crippen LogP contribution in [0.1, 0.15) is 58.8 Å². The molecule has 0 aromatic rings. The largest absolute Gasteiger partial charge is 0.446 e. The third-order valence-corrected chi connectivity index (χ3v) is 8.03. The molecule has 0 aliphatic heterocycles. The fraction of sp³-hybridized carbons (Fsp3) is 0.864. The van der Waals surface area contributed by atoms with Crippen molar-refractivity contribution in [2.24, 2.45) is 11.8 Å². The number of rotatable bonds is 13. The Bertz CT molecular complexity index is 1000. The first-order valence-corrected chi connectivity index (χ1v) is 13.2. The highest BCUT2D eigenvalue weighted by Crippen LogP contribution is 2.50. The van der Waals surface area contributed by atoms with E-state index in [0.717, 1.165) is 0 Å². The van der Waals surface area contributed by atoms with E-state index in [4.69, 9.17) is 14.0 Å². The van der Waals surface area contributed by atoms with Crippen LogP contribution in [0.15, 0.2) is 12.2 Å². The van der Waals surface area contributed by atoms with E-state index in [1.54, 1.807) is 0 Å². The Morgan fingerprint density at radius 1 is 0.875 bits per heavy atom. The molecule has 236 valence electrons. The standard InChI is InChI=1S/C22H30F10O7S/c1-13(12-38-11-5-4-10-19(23,24)22(31,32)40(35,36)37)16(33)39-18(3,21(28,29)30)15-8-6-14(7-9-15)17(2,34)20(25,26)27/h14-15,34H,1,4-12H2,2-3H3,(H,35,36,37). The monoisotopic (exact) mass is 628 g/mol. The molecule has 1 rings (SSSR count). The van der Waals surface area contributed by atoms with Gasteiger partial charge in [0.25, 0.3) is 0 Å². The van der Waals surface area contributed by atoms with E-state index < -0.39 is 120 Å². The highest BCUT2D eigenvalue weighted by Gasteiger charge is 2.65. The van der Waals surface area contributed by atoms with Gasteiger partial charge >= 0.3 is 39.6 Å². The molecule has 1 aliphatic rings. The number of halogens is 10. The predicted octanol–water partition coefficient (Wildman–Crippen LogP) is 5.83. The van der Waals surface area contributed by atoms with Crippen LogP contribution in [0.25, 0.3) is 0 Å². The van der Waals surface area contributed by atoms with E-state index in [-0.39, 0.29) is 6.42 Å². The summed E-state index contributed by atoms with van der Waals surface area (Å²) in [6.45, 7) is 3.05. The van der Waals surface area contributed by atoms with Crippen molar-refractivity contribution in [2.75, 3.05) is 13.2 Å². The lowest BCUT2D eigenvalue weighted by Crippen LogP contribution is -2.55. The Labute approximate surface area is 223 Å². The quantitative estimate of drug-likeness (QED) is 0.0869. The zero-order valence-electron chi connectivity index (χ0n) is 21.3. The number of unbranched alkanes of at least 4 members (excludes halogenated alkanes) is 1. The number of hydrogen-bond acceptors (Lipinski definition) is 6. The van der Waals surface area contributed by atoms with Gasteiger partial charge < -0.3 is 14.6 Å². The lowest BCUT2D eigenvalue weighted by molar-refractivity contribution is -0.292. The van der Waals surface area contributed by atoms with Crippen LogP contribution in [0.3, 0.4) is 0 Å². The maximum absolute atomic E-state index is 13.9. The number of alkyl halides is 10. The second-order valence-electron chi connectivity index (χ2n) is 10.00. The summed E-state index contributed by atoms with van der Waals surface area (Å²) < 4.78 is 173. The van der Waals surface area contributed by atoms with Crippen LogP contribution < -0.4 is 0 Å². The third-order valence-electron chi connectivity index (χ3n) is 7.09. The van der Waals surface area contributed by atoms with Crippen LogP contribution in [-0.2, 0) is 24.4 Å². The Hall–Kier alpha value is -1.66. The Balaban J connectivity index is 2.68. The second kappa shape index (κ2) is 12.3. The van der Waals surface area contributed by atoms with Crippen LogP contribution in [0, 0.1) is 11.8 Å². The number of carbonyl (C=O) groups excluding carboxylic acids is 1. The topological polar surface area (TPSA) is 110 Å². The fourth-order valence-corrected chi connectivity index (χ4v) is 4.69. The number of ether oxygens (including phenoxy) is 2. The average Bonchev–Trinajstić information content (AvgIpc) is 2.78. The van der Waals surface area contributed by atoms with E-state index >= 15 is 0 Å². The molecule has 0 aromatic carbocycles. The molecule has 0 heterocycles. The molecular weight excluding hydrogens is 598 g/mol. The van der Waals surface area contributed by atoms with Crippen molar-refractivity contribution in [2.45, 2.75) is 93.5 Å². The first-order chi connectivity index (χ1) is 17.7. The summed E-state index contributed by atoms with van der Waals surface area (Å²) in [5, 5.41) is 4.09. The van der Waals surface area contributed by atoms with Crippen molar-refractivity contribution in [1.82, 2.24) is 0 Å². The van der Waals surface area contributed by atoms with Crippen molar-refractivity contribution in [1.29, 1.82) is 0 Å². The molecule has 7 nitrogen and oxygen atoms in total. The lowest BCUT2D eigenvalue weighted by Gasteiger charge is -2.44. The lowest BCUT2D eigenvalue weighted by atomic mass is 9.69. The molecule has 0 aromatic heterocycles. The minimum absolute atomic E-state index is 0.384. The van der Waals surface area contributed by atoms with Gasteiger partial charge in [-0.15, -0.1) is 0 Å². The molecule has 0 bridgehead atoms. The first kappa shape index (κ1) is 36.4. The normalized spacial score (nSPS) is 22.8. The summed E-state index contributed by atoms with van der Waals surface area (Å²) in [6.07, 6.45) is -14.7. The van der Waals surface area contributed by atoms with Crippen molar-refractivity contribution >= 4 is 16.1 Å². The van der Waals surface area contributed by atoms with Crippen molar-refractivity contribution in [3.05, 3.63) is 12.2 Å². The van der Waals surface area contributed by atoms with Crippen LogP contribution in [0.4, 0.5) is 43.9 Å². The first-order valence-electron chi connectivity index (χ1n) is 11.8. The average molecular weight is 629 g/mol. The van der Waals surface area contributed by atoms with E-state index in [2.05, 4.69) is 6.58 Å². The number of aliphatic hydroxyl groups is 1. The van der Waals surface area contributed by atoms with Crippen LogP contribution >= 0.6 is 0 Å². The molecule has 40 heavy (non-hydrogen) atoms. The van der Waals surface area contributed by atoms with Crippen LogP contribution in [-0.4, -0.2) is 72.0 Å². The SMILES string of the molecule is C=C(COCCCCC(F)(F)C(F)(F)S(=O)(=O)O)C(=O)OC(C)(C1CCC(C(C)(O)C(F)(F)F)CC1)C(F)(F)F. The summed E-state index contributed by atoms with van der Waals surface area (Å²) in [5.41, 5.74) is -6.90. The molecule has 0 radical (unpaired) electrons. The smallest absolute Gasteiger partial charge is 0.431 e. The molecule has 0 saturated heterocycles. The predicted molar refractivity (Wildman–Crippen MR) is 118 cm³/mol. The van der Waals surface area contributed by atoms with Crippen LogP contribution in [0.2, 0.25) is 0 Å². The zero-order chi connectivity index (χ0) is 31.6. The minimum atomic E-state index is -6.39. The molecule has 2 atom stereocenters. The fourth-order valence-electron chi connectivity index (χ4n) is 4.21.